The lowest BCUT2D eigenvalue weighted by atomic mass is 9.86. The van der Waals surface area contributed by atoms with Gasteiger partial charge in [0.05, 0.1) is 28.6 Å². The lowest BCUT2D eigenvalue weighted by Crippen LogP contribution is -2.27. The van der Waals surface area contributed by atoms with Gasteiger partial charge in [-0.25, -0.2) is 0 Å². The number of hydrogen-bond donors (Lipinski definition) is 2. The van der Waals surface area contributed by atoms with Crippen molar-refractivity contribution in [3.8, 4) is 22.3 Å². The van der Waals surface area contributed by atoms with Crippen molar-refractivity contribution in [2.45, 2.75) is 37.5 Å². The molecule has 34 heavy (non-hydrogen) atoms. The van der Waals surface area contributed by atoms with Gasteiger partial charge in [0.25, 0.3) is 0 Å². The number of carboxylic acids is 1. The number of rotatable bonds is 7. The summed E-state index contributed by atoms with van der Waals surface area (Å²) < 4.78 is 5.90. The molecule has 0 bridgehead atoms. The van der Waals surface area contributed by atoms with Gasteiger partial charge in [-0.2, -0.15) is 5.26 Å². The Morgan fingerprint density at radius 3 is 2.94 bits per heavy atom. The molecule has 5 rings (SSSR count). The van der Waals surface area contributed by atoms with Gasteiger partial charge in [-0.15, -0.1) is 11.3 Å². The minimum absolute atomic E-state index is 0.0536. The maximum Gasteiger partial charge on any atom is 0.303 e. The number of nitrogens with zero attached hydrogens (tertiary/aromatic N) is 2. The lowest BCUT2D eigenvalue weighted by molar-refractivity contribution is -0.137. The van der Waals surface area contributed by atoms with E-state index in [0.29, 0.717) is 30.7 Å². The van der Waals surface area contributed by atoms with Gasteiger partial charge >= 0.3 is 5.97 Å². The lowest BCUT2D eigenvalue weighted by Gasteiger charge is -2.27. The van der Waals surface area contributed by atoms with E-state index in [1.54, 1.807) is 35.0 Å². The number of amides is 1. The van der Waals surface area contributed by atoms with E-state index >= 15 is 0 Å². The quantitative estimate of drug-likeness (QED) is 0.511. The molecule has 8 heteroatoms. The Labute approximate surface area is 201 Å². The van der Waals surface area contributed by atoms with Gasteiger partial charge in [0.15, 0.2) is 0 Å². The molecule has 1 spiro atoms. The maximum absolute atomic E-state index is 13.4. The van der Waals surface area contributed by atoms with Gasteiger partial charge in [-0.1, -0.05) is 6.07 Å². The Bertz CT molecular complexity index is 1300. The van der Waals surface area contributed by atoms with Crippen LogP contribution in [-0.4, -0.2) is 28.6 Å². The average molecular weight is 474 g/mol. The Morgan fingerprint density at radius 1 is 1.29 bits per heavy atom. The highest BCUT2D eigenvalue weighted by molar-refractivity contribution is 7.13. The molecule has 3 aromatic rings. The Balaban J connectivity index is 1.38. The number of thiazole rings is 1. The van der Waals surface area contributed by atoms with Gasteiger partial charge in [0, 0.05) is 35.2 Å². The number of aromatic nitrogens is 1. The zero-order valence-corrected chi connectivity index (χ0v) is 19.2. The molecule has 0 radical (unpaired) electrons. The molecule has 2 aromatic carbocycles. The van der Waals surface area contributed by atoms with E-state index < -0.39 is 5.97 Å². The van der Waals surface area contributed by atoms with Crippen LogP contribution in [0.4, 0.5) is 5.69 Å². The van der Waals surface area contributed by atoms with Crippen LogP contribution in [0.15, 0.2) is 48.1 Å². The fourth-order valence-corrected chi connectivity index (χ4v) is 5.51. The number of carboxylic acid groups (broad SMARTS) is 1. The number of carbonyl (C=O) groups is 2. The number of nitriles is 1. The number of ether oxygens (including phenoxy) is 1. The second kappa shape index (κ2) is 8.92. The van der Waals surface area contributed by atoms with E-state index in [1.807, 2.05) is 18.3 Å². The monoisotopic (exact) mass is 473 g/mol. The van der Waals surface area contributed by atoms with Gasteiger partial charge in [-0.3, -0.25) is 14.6 Å². The molecule has 0 unspecified atom stereocenters. The Morgan fingerprint density at radius 2 is 2.18 bits per heavy atom. The standard InChI is InChI=1S/C26H23N3O4S/c27-13-16-4-5-17(2-1-3-24(30)31)21(10-16)29-25(32)20-12-26(20)8-9-33-22-7-6-18(11-19(22)26)23-14-28-15-34-23/h4-7,10-11,14-15,20H,1-3,8-9,12H2,(H,29,32)(H,30,31)/t20-,26-/m0/s1. The van der Waals surface area contributed by atoms with Crippen molar-refractivity contribution >= 4 is 28.9 Å². The second-order valence-electron chi connectivity index (χ2n) is 8.81. The Kier molecular flexibility index (Phi) is 5.80. The molecule has 1 saturated carbocycles. The first-order valence-corrected chi connectivity index (χ1v) is 12.1. The number of benzene rings is 2. The van der Waals surface area contributed by atoms with Gasteiger partial charge < -0.3 is 15.2 Å². The normalized spacial score (nSPS) is 20.1. The third-order valence-corrected chi connectivity index (χ3v) is 7.59. The summed E-state index contributed by atoms with van der Waals surface area (Å²) in [5.74, 6) is -0.291. The number of aryl methyl sites for hydroxylation is 1. The number of carbonyl (C=O) groups excluding carboxylic acids is 1. The molecule has 172 valence electrons. The number of aliphatic carboxylic acids is 1. The fourth-order valence-electron chi connectivity index (χ4n) is 4.89. The van der Waals surface area contributed by atoms with Crippen molar-refractivity contribution in [2.75, 3.05) is 11.9 Å². The summed E-state index contributed by atoms with van der Waals surface area (Å²) in [6.45, 7) is 0.570. The molecule has 2 heterocycles. The molecular formula is C26H23N3O4S. The highest BCUT2D eigenvalue weighted by atomic mass is 32.1. The third kappa shape index (κ3) is 4.15. The van der Waals surface area contributed by atoms with Crippen LogP contribution in [0.1, 0.15) is 42.4 Å². The molecule has 7 nitrogen and oxygen atoms in total. The SMILES string of the molecule is N#Cc1ccc(CCCC(=O)O)c(NC(=O)[C@@H]2C[C@]23CCOc2ccc(-c4cncs4)cc23)c1. The first-order chi connectivity index (χ1) is 16.5. The van der Waals surface area contributed by atoms with Crippen LogP contribution in [0, 0.1) is 17.2 Å². The predicted octanol–water partition coefficient (Wildman–Crippen LogP) is 4.77. The molecule has 0 saturated heterocycles. The third-order valence-electron chi connectivity index (χ3n) is 6.76. The molecule has 1 aliphatic carbocycles. The summed E-state index contributed by atoms with van der Waals surface area (Å²) in [7, 11) is 0. The predicted molar refractivity (Wildman–Crippen MR) is 128 cm³/mol. The van der Waals surface area contributed by atoms with Crippen molar-refractivity contribution in [3.63, 3.8) is 0 Å². The number of hydrogen-bond acceptors (Lipinski definition) is 6. The van der Waals surface area contributed by atoms with Crippen LogP contribution in [0.3, 0.4) is 0 Å². The van der Waals surface area contributed by atoms with Crippen LogP contribution >= 0.6 is 11.3 Å². The summed E-state index contributed by atoms with van der Waals surface area (Å²) in [6.07, 6.45) is 4.38. The summed E-state index contributed by atoms with van der Waals surface area (Å²) in [4.78, 5) is 29.5. The van der Waals surface area contributed by atoms with Crippen molar-refractivity contribution in [1.29, 1.82) is 5.26 Å². The highest BCUT2D eigenvalue weighted by Gasteiger charge is 2.61. The molecule has 2 aliphatic rings. The fraction of sp³-hybridized carbons (Fsp3) is 0.308. The van der Waals surface area contributed by atoms with Crippen LogP contribution in [-0.2, 0) is 21.4 Å². The summed E-state index contributed by atoms with van der Waals surface area (Å²) in [5, 5.41) is 21.3. The summed E-state index contributed by atoms with van der Waals surface area (Å²) >= 11 is 1.58. The van der Waals surface area contributed by atoms with Crippen LogP contribution < -0.4 is 10.1 Å². The number of fused-ring (bicyclic) bond motifs is 2. The number of anilines is 1. The van der Waals surface area contributed by atoms with Crippen molar-refractivity contribution in [2.24, 2.45) is 5.92 Å². The molecule has 1 aromatic heterocycles. The van der Waals surface area contributed by atoms with Gasteiger partial charge in [0.1, 0.15) is 5.75 Å². The minimum atomic E-state index is -0.852. The average Bonchev–Trinajstić information content (AvgIpc) is 3.28. The molecule has 1 aliphatic heterocycles. The number of nitrogens with one attached hydrogen (secondary N) is 1. The molecule has 2 N–H and O–H groups in total. The van der Waals surface area contributed by atoms with E-state index in [0.717, 1.165) is 40.2 Å². The van der Waals surface area contributed by atoms with E-state index in [9.17, 15) is 14.9 Å². The maximum atomic E-state index is 13.4. The molecule has 2 atom stereocenters. The van der Waals surface area contributed by atoms with E-state index in [1.165, 1.54) is 0 Å². The van der Waals surface area contributed by atoms with Gasteiger partial charge in [-0.05, 0) is 67.1 Å². The van der Waals surface area contributed by atoms with Crippen molar-refractivity contribution in [1.82, 2.24) is 4.98 Å². The largest absolute Gasteiger partial charge is 0.493 e. The molecule has 1 fully saturated rings. The molecule has 1 amide bonds. The first kappa shape index (κ1) is 22.1. The van der Waals surface area contributed by atoms with Crippen molar-refractivity contribution < 1.29 is 19.4 Å². The van der Waals surface area contributed by atoms with Crippen LogP contribution in [0.25, 0.3) is 10.4 Å². The second-order valence-corrected chi connectivity index (χ2v) is 9.69. The van der Waals surface area contributed by atoms with Crippen LogP contribution in [0.5, 0.6) is 5.75 Å². The first-order valence-electron chi connectivity index (χ1n) is 11.2. The van der Waals surface area contributed by atoms with Crippen molar-refractivity contribution in [3.05, 3.63) is 64.8 Å². The summed E-state index contributed by atoms with van der Waals surface area (Å²) in [5.41, 5.74) is 5.56. The topological polar surface area (TPSA) is 112 Å². The highest BCUT2D eigenvalue weighted by Crippen LogP contribution is 2.61. The summed E-state index contributed by atoms with van der Waals surface area (Å²) in [6, 6.07) is 13.4. The smallest absolute Gasteiger partial charge is 0.303 e. The van der Waals surface area contributed by atoms with E-state index in [4.69, 9.17) is 9.84 Å². The van der Waals surface area contributed by atoms with Crippen LogP contribution in [0.2, 0.25) is 0 Å². The zero-order valence-electron chi connectivity index (χ0n) is 18.4. The zero-order chi connectivity index (χ0) is 23.7. The minimum Gasteiger partial charge on any atom is -0.493 e. The van der Waals surface area contributed by atoms with E-state index in [-0.39, 0.29) is 23.7 Å². The van der Waals surface area contributed by atoms with E-state index in [2.05, 4.69) is 22.4 Å². The van der Waals surface area contributed by atoms with Gasteiger partial charge in [0.2, 0.25) is 5.91 Å². The Hall–Kier alpha value is -3.70. The molecular weight excluding hydrogens is 450 g/mol.